The highest BCUT2D eigenvalue weighted by molar-refractivity contribution is 7.98. The number of rotatable bonds is 5. The van der Waals surface area contributed by atoms with E-state index in [1.165, 1.54) is 5.56 Å². The Balaban J connectivity index is 1.41. The van der Waals surface area contributed by atoms with Crippen molar-refractivity contribution in [2.45, 2.75) is 31.4 Å². The summed E-state index contributed by atoms with van der Waals surface area (Å²) in [6.45, 7) is 6.11. The van der Waals surface area contributed by atoms with E-state index in [1.807, 2.05) is 66.9 Å². The number of nitrogens with zero attached hydrogens (tertiary/aromatic N) is 2. The van der Waals surface area contributed by atoms with Gasteiger partial charge in [-0.05, 0) is 68.3 Å². The Morgan fingerprint density at radius 1 is 1.03 bits per heavy atom. The lowest BCUT2D eigenvalue weighted by molar-refractivity contribution is 0.102. The molecule has 0 saturated heterocycles. The van der Waals surface area contributed by atoms with Gasteiger partial charge in [0.1, 0.15) is 5.65 Å². The molecule has 0 unspecified atom stereocenters. The fourth-order valence-corrected chi connectivity index (χ4v) is 4.26. The maximum atomic E-state index is 12.7. The van der Waals surface area contributed by atoms with Crippen molar-refractivity contribution in [3.05, 3.63) is 94.9 Å². The topological polar surface area (TPSA) is 46.4 Å². The number of hydrogen-bond acceptors (Lipinski definition) is 3. The molecule has 4 rings (SSSR count). The van der Waals surface area contributed by atoms with Gasteiger partial charge in [-0.25, -0.2) is 4.98 Å². The molecule has 2 heterocycles. The van der Waals surface area contributed by atoms with E-state index < -0.39 is 0 Å². The van der Waals surface area contributed by atoms with Crippen molar-refractivity contribution in [3.63, 3.8) is 0 Å². The van der Waals surface area contributed by atoms with Gasteiger partial charge in [-0.1, -0.05) is 23.8 Å². The molecule has 0 bridgehead atoms. The molecule has 2 aromatic heterocycles. The molecule has 4 aromatic rings. The average Bonchev–Trinajstić information content (AvgIpc) is 3.12. The number of pyridine rings is 1. The maximum Gasteiger partial charge on any atom is 0.255 e. The van der Waals surface area contributed by atoms with E-state index in [9.17, 15) is 4.79 Å². The van der Waals surface area contributed by atoms with Crippen LogP contribution in [-0.4, -0.2) is 15.3 Å². The summed E-state index contributed by atoms with van der Waals surface area (Å²) in [4.78, 5) is 18.4. The number of imidazole rings is 1. The molecule has 0 fully saturated rings. The van der Waals surface area contributed by atoms with Gasteiger partial charge in [0.25, 0.3) is 5.91 Å². The van der Waals surface area contributed by atoms with E-state index in [-0.39, 0.29) is 5.91 Å². The minimum Gasteiger partial charge on any atom is -0.322 e. The van der Waals surface area contributed by atoms with Crippen molar-refractivity contribution in [2.75, 3.05) is 5.32 Å². The van der Waals surface area contributed by atoms with E-state index in [0.717, 1.165) is 38.8 Å². The monoisotopic (exact) mass is 401 g/mol. The van der Waals surface area contributed by atoms with Crippen LogP contribution >= 0.6 is 11.8 Å². The zero-order valence-electron chi connectivity index (χ0n) is 16.8. The Morgan fingerprint density at radius 2 is 1.76 bits per heavy atom. The van der Waals surface area contributed by atoms with Crippen molar-refractivity contribution < 1.29 is 4.79 Å². The van der Waals surface area contributed by atoms with Crippen LogP contribution in [0, 0.1) is 20.8 Å². The molecule has 0 aliphatic rings. The van der Waals surface area contributed by atoms with Crippen LogP contribution in [0.25, 0.3) is 5.65 Å². The number of aryl methyl sites for hydroxylation is 3. The summed E-state index contributed by atoms with van der Waals surface area (Å²) in [7, 11) is 0. The second-order valence-electron chi connectivity index (χ2n) is 7.24. The fraction of sp³-hybridized carbons (Fsp3) is 0.167. The number of thioether (sulfide) groups is 1. The van der Waals surface area contributed by atoms with Crippen LogP contribution in [-0.2, 0) is 5.75 Å². The van der Waals surface area contributed by atoms with Gasteiger partial charge >= 0.3 is 0 Å². The smallest absolute Gasteiger partial charge is 0.255 e. The first-order chi connectivity index (χ1) is 14.0. The molecule has 0 spiro atoms. The van der Waals surface area contributed by atoms with E-state index in [1.54, 1.807) is 11.8 Å². The van der Waals surface area contributed by atoms with Gasteiger partial charge in [0.15, 0.2) is 0 Å². The molecular formula is C24H23N3OS. The normalized spacial score (nSPS) is 11.0. The molecule has 4 nitrogen and oxygen atoms in total. The van der Waals surface area contributed by atoms with Gasteiger partial charge in [-0.2, -0.15) is 0 Å². The Bertz CT molecular complexity index is 1120. The zero-order chi connectivity index (χ0) is 20.4. The molecule has 1 N–H and O–H groups in total. The van der Waals surface area contributed by atoms with Gasteiger partial charge in [-0.3, -0.25) is 4.79 Å². The van der Waals surface area contributed by atoms with E-state index in [0.29, 0.717) is 5.56 Å². The minimum atomic E-state index is -0.0862. The standard InChI is InChI=1S/C24H23N3OS/c1-16-12-17(2)23(18(3)13-16)26-24(28)19-7-9-21(10-8-19)29-15-20-14-27-11-5-4-6-22(27)25-20/h4-14H,15H2,1-3H3,(H,26,28). The number of carbonyl (C=O) groups excluding carboxylic acids is 1. The van der Waals surface area contributed by atoms with Crippen LogP contribution in [0.15, 0.2) is 71.9 Å². The molecule has 0 atom stereocenters. The van der Waals surface area contributed by atoms with Crippen LogP contribution in [0.1, 0.15) is 32.7 Å². The molecule has 0 aliphatic heterocycles. The number of anilines is 1. The lowest BCUT2D eigenvalue weighted by atomic mass is 10.0. The number of fused-ring (bicyclic) bond motifs is 1. The largest absolute Gasteiger partial charge is 0.322 e. The number of aromatic nitrogens is 2. The second-order valence-corrected chi connectivity index (χ2v) is 8.29. The lowest BCUT2D eigenvalue weighted by Gasteiger charge is -2.13. The number of amides is 1. The third-order valence-corrected chi connectivity index (χ3v) is 5.88. The van der Waals surface area contributed by atoms with Crippen molar-refractivity contribution >= 4 is 29.0 Å². The van der Waals surface area contributed by atoms with Gasteiger partial charge in [0.2, 0.25) is 0 Å². The zero-order valence-corrected chi connectivity index (χ0v) is 17.6. The predicted octanol–water partition coefficient (Wildman–Crippen LogP) is 5.80. The van der Waals surface area contributed by atoms with Crippen LogP contribution in [0.2, 0.25) is 0 Å². The maximum absolute atomic E-state index is 12.7. The summed E-state index contributed by atoms with van der Waals surface area (Å²) < 4.78 is 2.03. The predicted molar refractivity (Wildman–Crippen MR) is 120 cm³/mol. The summed E-state index contributed by atoms with van der Waals surface area (Å²) >= 11 is 1.71. The highest BCUT2D eigenvalue weighted by atomic mass is 32.2. The van der Waals surface area contributed by atoms with Crippen molar-refractivity contribution in [1.82, 2.24) is 9.38 Å². The van der Waals surface area contributed by atoms with Crippen molar-refractivity contribution in [1.29, 1.82) is 0 Å². The van der Waals surface area contributed by atoms with Gasteiger partial charge in [0.05, 0.1) is 5.69 Å². The quantitative estimate of drug-likeness (QED) is 0.430. The van der Waals surface area contributed by atoms with E-state index in [4.69, 9.17) is 0 Å². The van der Waals surface area contributed by atoms with Crippen LogP contribution in [0.5, 0.6) is 0 Å². The number of carbonyl (C=O) groups is 1. The summed E-state index contributed by atoms with van der Waals surface area (Å²) in [6.07, 6.45) is 4.05. The molecule has 29 heavy (non-hydrogen) atoms. The van der Waals surface area contributed by atoms with Crippen LogP contribution in [0.3, 0.4) is 0 Å². The summed E-state index contributed by atoms with van der Waals surface area (Å²) in [5.41, 5.74) is 6.90. The molecule has 0 radical (unpaired) electrons. The van der Waals surface area contributed by atoms with Gasteiger partial charge in [0, 0.05) is 34.3 Å². The highest BCUT2D eigenvalue weighted by Crippen LogP contribution is 2.25. The van der Waals surface area contributed by atoms with Crippen molar-refractivity contribution in [3.8, 4) is 0 Å². The first kappa shape index (κ1) is 19.3. The minimum absolute atomic E-state index is 0.0862. The Labute approximate surface area is 175 Å². The van der Waals surface area contributed by atoms with Crippen LogP contribution < -0.4 is 5.32 Å². The first-order valence-corrected chi connectivity index (χ1v) is 10.5. The Morgan fingerprint density at radius 3 is 2.45 bits per heavy atom. The molecule has 5 heteroatoms. The molecule has 2 aromatic carbocycles. The molecule has 0 aliphatic carbocycles. The molecule has 146 valence electrons. The van der Waals surface area contributed by atoms with Gasteiger partial charge < -0.3 is 9.72 Å². The first-order valence-electron chi connectivity index (χ1n) is 9.54. The lowest BCUT2D eigenvalue weighted by Crippen LogP contribution is -2.13. The number of benzene rings is 2. The highest BCUT2D eigenvalue weighted by Gasteiger charge is 2.11. The number of nitrogens with one attached hydrogen (secondary N) is 1. The van der Waals surface area contributed by atoms with E-state index >= 15 is 0 Å². The molecule has 0 saturated carbocycles. The Kier molecular flexibility index (Phi) is 5.41. The third kappa shape index (κ3) is 4.35. The SMILES string of the molecule is Cc1cc(C)c(NC(=O)c2ccc(SCc3cn4ccccc4n3)cc2)c(C)c1. The summed E-state index contributed by atoms with van der Waals surface area (Å²) in [5.74, 6) is 0.701. The molecule has 1 amide bonds. The Hall–Kier alpha value is -3.05. The number of hydrogen-bond donors (Lipinski definition) is 1. The van der Waals surface area contributed by atoms with Crippen LogP contribution in [0.4, 0.5) is 5.69 Å². The third-order valence-electron chi connectivity index (χ3n) is 4.83. The second kappa shape index (κ2) is 8.13. The fourth-order valence-electron chi connectivity index (χ4n) is 3.48. The van der Waals surface area contributed by atoms with Crippen molar-refractivity contribution in [2.24, 2.45) is 0 Å². The average molecular weight is 402 g/mol. The van der Waals surface area contributed by atoms with E-state index in [2.05, 4.69) is 35.6 Å². The molecular weight excluding hydrogens is 378 g/mol. The van der Waals surface area contributed by atoms with Gasteiger partial charge in [-0.15, -0.1) is 11.8 Å². The summed E-state index contributed by atoms with van der Waals surface area (Å²) in [6, 6.07) is 17.9. The summed E-state index contributed by atoms with van der Waals surface area (Å²) in [5, 5.41) is 3.06.